The molecule has 10 heteroatoms. The third kappa shape index (κ3) is 2.34. The van der Waals surface area contributed by atoms with Gasteiger partial charge in [-0.3, -0.25) is 4.79 Å². The zero-order valence-corrected chi connectivity index (χ0v) is 10.1. The summed E-state index contributed by atoms with van der Waals surface area (Å²) in [5.74, 6) is -14.4. The first kappa shape index (κ1) is 16.0. The number of carbonyl (C=O) groups excluding carboxylic acids is 1. The number of ketones is 1. The fourth-order valence-electron chi connectivity index (χ4n) is 1.71. The number of alkyl halides is 3. The van der Waals surface area contributed by atoms with Gasteiger partial charge in [-0.25, -0.2) is 22.0 Å². The van der Waals surface area contributed by atoms with Gasteiger partial charge in [-0.15, -0.1) is 0 Å². The van der Waals surface area contributed by atoms with Crippen molar-refractivity contribution in [3.8, 4) is 5.69 Å². The minimum atomic E-state index is -5.39. The van der Waals surface area contributed by atoms with Crippen molar-refractivity contribution < 1.29 is 39.9 Å². The molecule has 0 N–H and O–H groups in total. The van der Waals surface area contributed by atoms with Crippen molar-refractivity contribution in [2.75, 3.05) is 0 Å². The van der Waals surface area contributed by atoms with Gasteiger partial charge in [-0.2, -0.15) is 13.2 Å². The predicted molar refractivity (Wildman–Crippen MR) is 55.9 cm³/mol. The molecule has 1 heterocycles. The summed E-state index contributed by atoms with van der Waals surface area (Å²) in [5.41, 5.74) is -2.97. The van der Waals surface area contributed by atoms with Gasteiger partial charge >= 0.3 is 6.18 Å². The second-order valence-electron chi connectivity index (χ2n) is 4.01. The van der Waals surface area contributed by atoms with Crippen molar-refractivity contribution in [2.45, 2.75) is 6.18 Å². The van der Waals surface area contributed by atoms with Crippen LogP contribution in [0.2, 0.25) is 0 Å². The molecule has 2 nitrogen and oxygen atoms in total. The first-order valence-electron chi connectivity index (χ1n) is 5.38. The molecule has 0 radical (unpaired) electrons. The van der Waals surface area contributed by atoms with Crippen LogP contribution in [0.25, 0.3) is 5.69 Å². The van der Waals surface area contributed by atoms with Crippen LogP contribution in [0, 0.1) is 29.1 Å². The molecule has 1 aromatic heterocycles. The Morgan fingerprint density at radius 1 is 0.864 bits per heavy atom. The second-order valence-corrected chi connectivity index (χ2v) is 4.01. The van der Waals surface area contributed by atoms with Crippen LogP contribution in [0.15, 0.2) is 18.3 Å². The number of nitrogens with zero attached hydrogens (tertiary/aromatic N) is 1. The number of Topliss-reactive ketones (excluding diaryl/α,β-unsaturated/α-hetero) is 1. The summed E-state index contributed by atoms with van der Waals surface area (Å²) < 4.78 is 103. The largest absolute Gasteiger partial charge is 0.456 e. The third-order valence-corrected chi connectivity index (χ3v) is 2.67. The van der Waals surface area contributed by atoms with E-state index in [9.17, 15) is 39.9 Å². The summed E-state index contributed by atoms with van der Waals surface area (Å²) in [6.45, 7) is 0. The molecule has 0 aliphatic heterocycles. The van der Waals surface area contributed by atoms with Gasteiger partial charge in [0.05, 0.1) is 5.69 Å². The molecular formula is C12H3F8NO. The topological polar surface area (TPSA) is 22.0 Å². The molecular weight excluding hydrogens is 326 g/mol. The molecule has 0 amide bonds. The van der Waals surface area contributed by atoms with Crippen LogP contribution in [0.5, 0.6) is 0 Å². The van der Waals surface area contributed by atoms with Crippen LogP contribution in [0.1, 0.15) is 10.5 Å². The zero-order valence-electron chi connectivity index (χ0n) is 10.1. The fourth-order valence-corrected chi connectivity index (χ4v) is 1.71. The molecule has 0 atom stereocenters. The Morgan fingerprint density at radius 3 is 1.77 bits per heavy atom. The van der Waals surface area contributed by atoms with Crippen LogP contribution in [0.4, 0.5) is 35.1 Å². The number of aromatic nitrogens is 1. The molecule has 0 aliphatic carbocycles. The van der Waals surface area contributed by atoms with Crippen molar-refractivity contribution in [3.63, 3.8) is 0 Å². The van der Waals surface area contributed by atoms with Crippen LogP contribution in [0.3, 0.4) is 0 Å². The smallest absolute Gasteiger partial charge is 0.308 e. The van der Waals surface area contributed by atoms with Gasteiger partial charge in [-0.05, 0) is 12.1 Å². The minimum absolute atomic E-state index is 0.0495. The Bertz CT molecular complexity index is 732. The lowest BCUT2D eigenvalue weighted by Crippen LogP contribution is -2.25. The van der Waals surface area contributed by atoms with E-state index in [2.05, 4.69) is 0 Å². The lowest BCUT2D eigenvalue weighted by atomic mass is 10.2. The van der Waals surface area contributed by atoms with Crippen molar-refractivity contribution in [2.24, 2.45) is 0 Å². The average molecular weight is 329 g/mol. The van der Waals surface area contributed by atoms with E-state index in [1.165, 1.54) is 0 Å². The van der Waals surface area contributed by atoms with Crippen molar-refractivity contribution in [3.05, 3.63) is 53.1 Å². The number of hydrogen-bond acceptors (Lipinski definition) is 1. The number of carbonyl (C=O) groups is 1. The number of halogens is 8. The normalized spacial score (nSPS) is 11.8. The highest BCUT2D eigenvalue weighted by Crippen LogP contribution is 2.29. The molecule has 0 aliphatic rings. The van der Waals surface area contributed by atoms with E-state index in [1.54, 1.807) is 0 Å². The van der Waals surface area contributed by atoms with Gasteiger partial charge in [0.1, 0.15) is 5.69 Å². The Kier molecular flexibility index (Phi) is 3.71. The standard InChI is InChI=1S/C12H3F8NO/c13-5-6(14)8(16)10(9(17)7(5)15)21-3-1-2-4(21)11(22)12(18,19)20/h1-3H. The van der Waals surface area contributed by atoms with Crippen molar-refractivity contribution in [1.29, 1.82) is 0 Å². The third-order valence-electron chi connectivity index (χ3n) is 2.67. The highest BCUT2D eigenvalue weighted by Gasteiger charge is 2.41. The quantitative estimate of drug-likeness (QED) is 0.354. The van der Waals surface area contributed by atoms with Crippen LogP contribution in [-0.2, 0) is 0 Å². The Labute approximate surface area is 116 Å². The molecule has 22 heavy (non-hydrogen) atoms. The summed E-state index contributed by atoms with van der Waals surface area (Å²) >= 11 is 0. The minimum Gasteiger partial charge on any atom is -0.308 e. The van der Waals surface area contributed by atoms with E-state index in [1.807, 2.05) is 0 Å². The highest BCUT2D eigenvalue weighted by atomic mass is 19.4. The number of rotatable bonds is 2. The summed E-state index contributed by atoms with van der Waals surface area (Å²) in [5, 5.41) is 0. The number of hydrogen-bond donors (Lipinski definition) is 0. The summed E-state index contributed by atoms with van der Waals surface area (Å²) in [6, 6.07) is 1.32. The second kappa shape index (κ2) is 5.11. The molecule has 0 fully saturated rings. The fraction of sp³-hybridized carbons (Fsp3) is 0.0833. The Balaban J connectivity index is 2.76. The first-order chi connectivity index (χ1) is 10.1. The number of benzene rings is 1. The molecule has 1 aromatic carbocycles. The maximum atomic E-state index is 13.6. The van der Waals surface area contributed by atoms with E-state index >= 15 is 0 Å². The lowest BCUT2D eigenvalue weighted by molar-refractivity contribution is -0.0889. The van der Waals surface area contributed by atoms with Crippen LogP contribution in [-0.4, -0.2) is 16.5 Å². The molecule has 0 unspecified atom stereocenters. The van der Waals surface area contributed by atoms with Gasteiger partial charge in [0, 0.05) is 6.20 Å². The molecule has 0 spiro atoms. The first-order valence-corrected chi connectivity index (χ1v) is 5.38. The summed E-state index contributed by atoms with van der Waals surface area (Å²) in [7, 11) is 0. The zero-order chi connectivity index (χ0) is 16.8. The molecule has 0 bridgehead atoms. The van der Waals surface area contributed by atoms with Gasteiger partial charge in [0.2, 0.25) is 5.82 Å². The van der Waals surface area contributed by atoms with Gasteiger partial charge in [0.15, 0.2) is 23.3 Å². The van der Waals surface area contributed by atoms with E-state index in [0.717, 1.165) is 6.07 Å². The van der Waals surface area contributed by atoms with Gasteiger partial charge in [0.25, 0.3) is 5.78 Å². The average Bonchev–Trinajstić information content (AvgIpc) is 2.90. The SMILES string of the molecule is O=C(c1cccn1-c1c(F)c(F)c(F)c(F)c1F)C(F)(F)F. The summed E-state index contributed by atoms with van der Waals surface area (Å²) in [4.78, 5) is 11.1. The maximum absolute atomic E-state index is 13.6. The van der Waals surface area contributed by atoms with E-state index in [0.29, 0.717) is 12.3 Å². The van der Waals surface area contributed by atoms with Gasteiger partial charge < -0.3 is 4.57 Å². The Morgan fingerprint density at radius 2 is 1.32 bits per heavy atom. The maximum Gasteiger partial charge on any atom is 0.456 e. The van der Waals surface area contributed by atoms with E-state index in [4.69, 9.17) is 0 Å². The Hall–Kier alpha value is -2.39. The molecule has 118 valence electrons. The predicted octanol–water partition coefficient (Wildman–Crippen LogP) is 3.92. The lowest BCUT2D eigenvalue weighted by Gasteiger charge is -2.13. The highest BCUT2D eigenvalue weighted by molar-refractivity contribution is 5.99. The molecule has 2 rings (SSSR count). The van der Waals surface area contributed by atoms with Crippen LogP contribution < -0.4 is 0 Å². The van der Waals surface area contributed by atoms with E-state index < -0.39 is 52.4 Å². The van der Waals surface area contributed by atoms with Crippen molar-refractivity contribution in [1.82, 2.24) is 4.57 Å². The molecule has 2 aromatic rings. The van der Waals surface area contributed by atoms with E-state index in [-0.39, 0.29) is 4.57 Å². The van der Waals surface area contributed by atoms with Crippen LogP contribution >= 0.6 is 0 Å². The molecule has 0 saturated heterocycles. The monoisotopic (exact) mass is 329 g/mol. The van der Waals surface area contributed by atoms with Gasteiger partial charge in [-0.1, -0.05) is 0 Å². The summed E-state index contributed by atoms with van der Waals surface area (Å²) in [6.07, 6.45) is -4.82. The molecule has 0 saturated carbocycles. The van der Waals surface area contributed by atoms with Crippen molar-refractivity contribution >= 4 is 5.78 Å².